The first-order chi connectivity index (χ1) is 21.7. The molecule has 0 aromatic carbocycles. The Bertz CT molecular complexity index is 601. The van der Waals surface area contributed by atoms with E-state index in [1.807, 2.05) is 0 Å². The summed E-state index contributed by atoms with van der Waals surface area (Å²) in [5.41, 5.74) is 5.72. The molecule has 0 bridgehead atoms. The van der Waals surface area contributed by atoms with Crippen LogP contribution in [0.5, 0.6) is 0 Å². The van der Waals surface area contributed by atoms with Gasteiger partial charge in [-0.2, -0.15) is 0 Å². The fourth-order valence-electron chi connectivity index (χ4n) is 6.44. The van der Waals surface area contributed by atoms with Gasteiger partial charge in [-0.15, -0.1) is 12.4 Å². The highest BCUT2D eigenvalue weighted by atomic mass is 35.5. The standard InChI is InChI=1S/C40H80N2O2.ClH/c1-3-5-7-9-11-13-15-16-17-18-19-20-21-22-23-24-26-28-30-34-39(43)37-38(33-32-35-41)40(44)42-36-31-29-27-25-14-12-10-8-6-4-2;/h38H,3-37,41H2,1-2H3,(H,42,44);1H/t38-;/m1./s1. The largest absolute Gasteiger partial charge is 0.356 e. The molecule has 5 heteroatoms. The SMILES string of the molecule is CCCCCCCCCCCCCCCCCCCCCC(=O)C[C@@H](CCCN)C(=O)NCCCCCCCCCCCC.Cl. The minimum atomic E-state index is -0.200. The van der Waals surface area contributed by atoms with E-state index in [9.17, 15) is 9.59 Å². The molecule has 0 aliphatic rings. The van der Waals surface area contributed by atoms with Crippen molar-refractivity contribution in [2.75, 3.05) is 13.1 Å². The smallest absolute Gasteiger partial charge is 0.223 e. The quantitative estimate of drug-likeness (QED) is 0.0653. The number of Topliss-reactive ketones (excluding diaryl/α,β-unsaturated/α-hetero) is 1. The van der Waals surface area contributed by atoms with E-state index in [1.54, 1.807) is 0 Å². The lowest BCUT2D eigenvalue weighted by Gasteiger charge is -2.16. The first kappa shape index (κ1) is 46.5. The van der Waals surface area contributed by atoms with Crippen molar-refractivity contribution >= 4 is 24.1 Å². The Morgan fingerprint density at radius 1 is 0.489 bits per heavy atom. The highest BCUT2D eigenvalue weighted by Gasteiger charge is 2.20. The third-order valence-corrected chi connectivity index (χ3v) is 9.49. The van der Waals surface area contributed by atoms with Crippen molar-refractivity contribution < 1.29 is 9.59 Å². The van der Waals surface area contributed by atoms with Gasteiger partial charge in [0.05, 0.1) is 0 Å². The molecule has 0 unspecified atom stereocenters. The van der Waals surface area contributed by atoms with Crippen LogP contribution in [0.1, 0.15) is 226 Å². The Morgan fingerprint density at radius 2 is 0.822 bits per heavy atom. The van der Waals surface area contributed by atoms with E-state index < -0.39 is 0 Å². The second kappa shape index (κ2) is 39.6. The number of rotatable bonds is 37. The average molecular weight is 658 g/mol. The number of carbonyl (C=O) groups is 2. The van der Waals surface area contributed by atoms with Crippen molar-refractivity contribution in [3.05, 3.63) is 0 Å². The summed E-state index contributed by atoms with van der Waals surface area (Å²) in [6, 6.07) is 0. The third kappa shape index (κ3) is 36.1. The van der Waals surface area contributed by atoms with Crippen molar-refractivity contribution in [1.29, 1.82) is 0 Å². The van der Waals surface area contributed by atoms with Crippen LogP contribution in [0.4, 0.5) is 0 Å². The molecule has 1 atom stereocenters. The van der Waals surface area contributed by atoms with Crippen molar-refractivity contribution in [3.63, 3.8) is 0 Å². The van der Waals surface area contributed by atoms with Gasteiger partial charge in [-0.25, -0.2) is 0 Å². The number of amides is 1. The minimum Gasteiger partial charge on any atom is -0.356 e. The minimum absolute atomic E-state index is 0. The number of hydrogen-bond acceptors (Lipinski definition) is 3. The summed E-state index contributed by atoms with van der Waals surface area (Å²) in [6.07, 6.45) is 41.4. The Hall–Kier alpha value is -0.610. The van der Waals surface area contributed by atoms with Crippen molar-refractivity contribution in [1.82, 2.24) is 5.32 Å². The number of ketones is 1. The fourth-order valence-corrected chi connectivity index (χ4v) is 6.44. The topological polar surface area (TPSA) is 72.2 Å². The van der Waals surface area contributed by atoms with E-state index in [0.29, 0.717) is 19.4 Å². The van der Waals surface area contributed by atoms with Crippen LogP contribution in [-0.2, 0) is 9.59 Å². The third-order valence-electron chi connectivity index (χ3n) is 9.49. The molecule has 0 aliphatic carbocycles. The van der Waals surface area contributed by atoms with Gasteiger partial charge >= 0.3 is 0 Å². The van der Waals surface area contributed by atoms with Gasteiger partial charge in [0.25, 0.3) is 0 Å². The Balaban J connectivity index is 0. The predicted octanol–water partition coefficient (Wildman–Crippen LogP) is 12.6. The normalized spacial score (nSPS) is 11.8. The number of unbranched alkanes of at least 4 members (excludes halogenated alkanes) is 27. The zero-order chi connectivity index (χ0) is 32.2. The van der Waals surface area contributed by atoms with E-state index in [0.717, 1.165) is 38.6 Å². The predicted molar refractivity (Wildman–Crippen MR) is 202 cm³/mol. The molecule has 4 nitrogen and oxygen atoms in total. The maximum atomic E-state index is 12.8. The number of halogens is 1. The van der Waals surface area contributed by atoms with Crippen LogP contribution in [-0.4, -0.2) is 24.8 Å². The van der Waals surface area contributed by atoms with Gasteiger partial charge in [0, 0.05) is 25.3 Å². The molecule has 0 spiro atoms. The molecule has 270 valence electrons. The van der Waals surface area contributed by atoms with Gasteiger partial charge in [-0.3, -0.25) is 9.59 Å². The molecule has 1 amide bonds. The van der Waals surface area contributed by atoms with Crippen molar-refractivity contribution in [2.24, 2.45) is 11.7 Å². The van der Waals surface area contributed by atoms with E-state index in [-0.39, 0.29) is 30.0 Å². The van der Waals surface area contributed by atoms with Crippen LogP contribution >= 0.6 is 12.4 Å². The van der Waals surface area contributed by atoms with Crippen molar-refractivity contribution in [2.45, 2.75) is 226 Å². The summed E-state index contributed by atoms with van der Waals surface area (Å²) >= 11 is 0. The van der Waals surface area contributed by atoms with Crippen LogP contribution in [0.3, 0.4) is 0 Å². The first-order valence-electron chi connectivity index (χ1n) is 20.1. The number of nitrogens with two attached hydrogens (primary N) is 1. The zero-order valence-corrected chi connectivity index (χ0v) is 31.4. The number of hydrogen-bond donors (Lipinski definition) is 2. The van der Waals surface area contributed by atoms with Crippen molar-refractivity contribution in [3.8, 4) is 0 Å². The highest BCUT2D eigenvalue weighted by Crippen LogP contribution is 2.17. The first-order valence-corrected chi connectivity index (χ1v) is 20.1. The zero-order valence-electron chi connectivity index (χ0n) is 30.6. The van der Waals surface area contributed by atoms with Crippen LogP contribution in [0.15, 0.2) is 0 Å². The summed E-state index contributed by atoms with van der Waals surface area (Å²) in [4.78, 5) is 25.4. The van der Waals surface area contributed by atoms with Crippen LogP contribution in [0.2, 0.25) is 0 Å². The summed E-state index contributed by atoms with van der Waals surface area (Å²) in [5, 5.41) is 3.12. The van der Waals surface area contributed by atoms with Crippen LogP contribution in [0.25, 0.3) is 0 Å². The maximum Gasteiger partial charge on any atom is 0.223 e. The monoisotopic (exact) mass is 657 g/mol. The Kier molecular flexibility index (Phi) is 40.9. The molecule has 0 fully saturated rings. The molecule has 0 radical (unpaired) electrons. The Morgan fingerprint density at radius 3 is 1.18 bits per heavy atom. The maximum absolute atomic E-state index is 12.8. The van der Waals surface area contributed by atoms with Gasteiger partial charge in [0.1, 0.15) is 5.78 Å². The molecule has 0 heterocycles. The lowest BCUT2D eigenvalue weighted by molar-refractivity contribution is -0.129. The molecule has 0 aliphatic heterocycles. The fraction of sp³-hybridized carbons (Fsp3) is 0.950. The second-order valence-corrected chi connectivity index (χ2v) is 14.0. The summed E-state index contributed by atoms with van der Waals surface area (Å²) < 4.78 is 0. The van der Waals surface area contributed by atoms with Gasteiger partial charge in [0.2, 0.25) is 5.91 Å². The van der Waals surface area contributed by atoms with E-state index in [2.05, 4.69) is 19.2 Å². The molecule has 0 aromatic heterocycles. The molecular weight excluding hydrogens is 576 g/mol. The Labute approximate surface area is 288 Å². The van der Waals surface area contributed by atoms with E-state index in [4.69, 9.17) is 5.73 Å². The van der Waals surface area contributed by atoms with Crippen LogP contribution < -0.4 is 11.1 Å². The molecule has 3 N–H and O–H groups in total. The molecule has 0 rings (SSSR count). The summed E-state index contributed by atoms with van der Waals surface area (Å²) in [7, 11) is 0. The summed E-state index contributed by atoms with van der Waals surface area (Å²) in [5.74, 6) is 0.124. The van der Waals surface area contributed by atoms with Gasteiger partial charge < -0.3 is 11.1 Å². The second-order valence-electron chi connectivity index (χ2n) is 14.0. The van der Waals surface area contributed by atoms with E-state index >= 15 is 0 Å². The van der Waals surface area contributed by atoms with Gasteiger partial charge in [-0.1, -0.05) is 187 Å². The molecule has 0 saturated carbocycles. The van der Waals surface area contributed by atoms with Gasteiger partial charge in [0.15, 0.2) is 0 Å². The van der Waals surface area contributed by atoms with Crippen LogP contribution in [0, 0.1) is 5.92 Å². The lowest BCUT2D eigenvalue weighted by atomic mass is 9.93. The molecule has 0 aromatic rings. The molecular formula is C40H81ClN2O2. The molecule has 45 heavy (non-hydrogen) atoms. The van der Waals surface area contributed by atoms with Gasteiger partial charge in [-0.05, 0) is 32.2 Å². The summed E-state index contributed by atoms with van der Waals surface area (Å²) in [6.45, 7) is 5.87. The number of carbonyl (C=O) groups excluding carboxylic acids is 2. The molecule has 0 saturated heterocycles. The van der Waals surface area contributed by atoms with E-state index in [1.165, 1.54) is 167 Å². The number of nitrogens with one attached hydrogen (secondary N) is 1. The highest BCUT2D eigenvalue weighted by molar-refractivity contribution is 5.86. The average Bonchev–Trinajstić information content (AvgIpc) is 3.02. The lowest BCUT2D eigenvalue weighted by Crippen LogP contribution is -2.33.